The molecule has 16 heavy (non-hydrogen) atoms. The molecule has 0 heterocycles. The molecule has 0 radical (unpaired) electrons. The van der Waals surface area contributed by atoms with Gasteiger partial charge in [0.15, 0.2) is 0 Å². The van der Waals surface area contributed by atoms with E-state index in [-0.39, 0.29) is 17.7 Å². The fourth-order valence-electron chi connectivity index (χ4n) is 1.21. The van der Waals surface area contributed by atoms with Gasteiger partial charge in [-0.2, -0.15) is 0 Å². The van der Waals surface area contributed by atoms with Gasteiger partial charge in [-0.25, -0.2) is 0 Å². The standard InChI is InChI=1S/C12H23NO3/c1-12(2,3)8-9-13(4)10(14)6-5-7-11(15)16/h5-9H2,1-4H3,(H,15,16). The van der Waals surface area contributed by atoms with E-state index in [0.717, 1.165) is 13.0 Å². The van der Waals surface area contributed by atoms with Crippen molar-refractivity contribution in [1.82, 2.24) is 4.90 Å². The smallest absolute Gasteiger partial charge is 0.303 e. The fraction of sp³-hybridized carbons (Fsp3) is 0.833. The van der Waals surface area contributed by atoms with Crippen molar-refractivity contribution in [3.05, 3.63) is 0 Å². The molecule has 0 aliphatic carbocycles. The van der Waals surface area contributed by atoms with Crippen LogP contribution in [0.25, 0.3) is 0 Å². The Hall–Kier alpha value is -1.06. The number of nitrogens with zero attached hydrogens (tertiary/aromatic N) is 1. The van der Waals surface area contributed by atoms with Gasteiger partial charge in [0.2, 0.25) is 5.91 Å². The highest BCUT2D eigenvalue weighted by molar-refractivity contribution is 5.76. The first-order chi connectivity index (χ1) is 7.22. The van der Waals surface area contributed by atoms with Crippen molar-refractivity contribution >= 4 is 11.9 Å². The Bertz CT molecular complexity index is 243. The Morgan fingerprint density at radius 3 is 2.19 bits per heavy atom. The maximum absolute atomic E-state index is 11.6. The zero-order valence-electron chi connectivity index (χ0n) is 10.7. The Kier molecular flexibility index (Phi) is 6.08. The number of carbonyl (C=O) groups is 2. The van der Waals surface area contributed by atoms with Gasteiger partial charge >= 0.3 is 5.97 Å². The Morgan fingerprint density at radius 1 is 1.19 bits per heavy atom. The molecular weight excluding hydrogens is 206 g/mol. The Balaban J connectivity index is 3.78. The van der Waals surface area contributed by atoms with Crippen LogP contribution in [0.2, 0.25) is 0 Å². The largest absolute Gasteiger partial charge is 0.481 e. The lowest BCUT2D eigenvalue weighted by Gasteiger charge is -2.23. The third-order valence-electron chi connectivity index (χ3n) is 2.40. The van der Waals surface area contributed by atoms with Gasteiger partial charge in [0.25, 0.3) is 0 Å². The van der Waals surface area contributed by atoms with Gasteiger partial charge in [0, 0.05) is 26.4 Å². The zero-order valence-corrected chi connectivity index (χ0v) is 10.7. The van der Waals surface area contributed by atoms with Crippen molar-refractivity contribution < 1.29 is 14.7 Å². The van der Waals surface area contributed by atoms with Crippen LogP contribution >= 0.6 is 0 Å². The van der Waals surface area contributed by atoms with Gasteiger partial charge in [-0.1, -0.05) is 20.8 Å². The minimum Gasteiger partial charge on any atom is -0.481 e. The quantitative estimate of drug-likeness (QED) is 0.759. The molecule has 4 heteroatoms. The summed E-state index contributed by atoms with van der Waals surface area (Å²) in [7, 11) is 1.77. The molecule has 4 nitrogen and oxygen atoms in total. The van der Waals surface area contributed by atoms with Crippen molar-refractivity contribution in [2.24, 2.45) is 5.41 Å². The van der Waals surface area contributed by atoms with E-state index in [0.29, 0.717) is 12.8 Å². The molecule has 0 saturated heterocycles. The first-order valence-corrected chi connectivity index (χ1v) is 5.68. The van der Waals surface area contributed by atoms with E-state index in [2.05, 4.69) is 20.8 Å². The molecule has 0 spiro atoms. The first-order valence-electron chi connectivity index (χ1n) is 5.68. The van der Waals surface area contributed by atoms with Crippen molar-refractivity contribution in [2.45, 2.75) is 46.5 Å². The molecule has 0 bridgehead atoms. The third kappa shape index (κ3) is 8.26. The number of amides is 1. The number of rotatable bonds is 6. The number of carboxylic acids is 1. The number of carbonyl (C=O) groups excluding carboxylic acids is 1. The van der Waals surface area contributed by atoms with Crippen molar-refractivity contribution in [3.63, 3.8) is 0 Å². The van der Waals surface area contributed by atoms with Crippen LogP contribution in [0.3, 0.4) is 0 Å². The highest BCUT2D eigenvalue weighted by Crippen LogP contribution is 2.18. The van der Waals surface area contributed by atoms with Crippen molar-refractivity contribution in [3.8, 4) is 0 Å². The van der Waals surface area contributed by atoms with Crippen molar-refractivity contribution in [2.75, 3.05) is 13.6 Å². The van der Waals surface area contributed by atoms with Gasteiger partial charge in [0.05, 0.1) is 0 Å². The van der Waals surface area contributed by atoms with Crippen LogP contribution in [0, 0.1) is 5.41 Å². The molecule has 0 aromatic heterocycles. The highest BCUT2D eigenvalue weighted by atomic mass is 16.4. The van der Waals surface area contributed by atoms with E-state index >= 15 is 0 Å². The lowest BCUT2D eigenvalue weighted by Crippen LogP contribution is -2.29. The first kappa shape index (κ1) is 14.9. The van der Waals surface area contributed by atoms with Crippen LogP contribution in [0.1, 0.15) is 46.5 Å². The zero-order chi connectivity index (χ0) is 12.8. The Morgan fingerprint density at radius 2 is 1.75 bits per heavy atom. The molecule has 94 valence electrons. The maximum Gasteiger partial charge on any atom is 0.303 e. The number of carboxylic acid groups (broad SMARTS) is 1. The van der Waals surface area contributed by atoms with Crippen LogP contribution in [0.5, 0.6) is 0 Å². The molecule has 0 rings (SSSR count). The lowest BCUT2D eigenvalue weighted by atomic mass is 9.92. The highest BCUT2D eigenvalue weighted by Gasteiger charge is 2.14. The second-order valence-electron chi connectivity index (χ2n) is 5.37. The number of aliphatic carboxylic acids is 1. The van der Waals surface area contributed by atoms with Gasteiger partial charge in [-0.05, 0) is 18.3 Å². The molecule has 0 aliphatic heterocycles. The molecule has 0 aliphatic rings. The molecule has 0 saturated carbocycles. The molecule has 0 aromatic rings. The summed E-state index contributed by atoms with van der Waals surface area (Å²) >= 11 is 0. The van der Waals surface area contributed by atoms with Gasteiger partial charge < -0.3 is 10.0 Å². The average molecular weight is 229 g/mol. The maximum atomic E-state index is 11.6. The summed E-state index contributed by atoms with van der Waals surface area (Å²) in [4.78, 5) is 23.5. The van der Waals surface area contributed by atoms with Gasteiger partial charge in [0.1, 0.15) is 0 Å². The topological polar surface area (TPSA) is 57.6 Å². The van der Waals surface area contributed by atoms with E-state index in [9.17, 15) is 9.59 Å². The fourth-order valence-corrected chi connectivity index (χ4v) is 1.21. The third-order valence-corrected chi connectivity index (χ3v) is 2.40. The molecule has 0 unspecified atom stereocenters. The average Bonchev–Trinajstić information content (AvgIpc) is 2.12. The van der Waals surface area contributed by atoms with Crippen LogP contribution in [0.15, 0.2) is 0 Å². The minimum absolute atomic E-state index is 0.0329. The van der Waals surface area contributed by atoms with E-state index in [4.69, 9.17) is 5.11 Å². The predicted molar refractivity (Wildman–Crippen MR) is 63.2 cm³/mol. The van der Waals surface area contributed by atoms with E-state index in [1.807, 2.05) is 0 Å². The summed E-state index contributed by atoms with van der Waals surface area (Å²) in [5.41, 5.74) is 0.218. The molecular formula is C12H23NO3. The normalized spacial score (nSPS) is 11.2. The van der Waals surface area contributed by atoms with Crippen LogP contribution in [-0.2, 0) is 9.59 Å². The Labute approximate surface area is 97.6 Å². The van der Waals surface area contributed by atoms with Crippen LogP contribution in [0.4, 0.5) is 0 Å². The van der Waals surface area contributed by atoms with Crippen LogP contribution < -0.4 is 0 Å². The second kappa shape index (κ2) is 6.51. The minimum atomic E-state index is -0.842. The molecule has 0 aromatic carbocycles. The van der Waals surface area contributed by atoms with E-state index in [1.54, 1.807) is 11.9 Å². The monoisotopic (exact) mass is 229 g/mol. The molecule has 1 N–H and O–H groups in total. The molecule has 0 atom stereocenters. The van der Waals surface area contributed by atoms with E-state index in [1.165, 1.54) is 0 Å². The lowest BCUT2D eigenvalue weighted by molar-refractivity contribution is -0.137. The van der Waals surface area contributed by atoms with Crippen molar-refractivity contribution in [1.29, 1.82) is 0 Å². The predicted octanol–water partition coefficient (Wildman–Crippen LogP) is 2.14. The molecule has 1 amide bonds. The van der Waals surface area contributed by atoms with E-state index < -0.39 is 5.97 Å². The summed E-state index contributed by atoms with van der Waals surface area (Å²) in [6, 6.07) is 0. The van der Waals surface area contributed by atoms with Gasteiger partial charge in [-0.3, -0.25) is 9.59 Å². The van der Waals surface area contributed by atoms with Crippen LogP contribution in [-0.4, -0.2) is 35.5 Å². The van der Waals surface area contributed by atoms with Gasteiger partial charge in [-0.15, -0.1) is 0 Å². The summed E-state index contributed by atoms with van der Waals surface area (Å²) < 4.78 is 0. The number of hydrogen-bond acceptors (Lipinski definition) is 2. The summed E-state index contributed by atoms with van der Waals surface area (Å²) in [5, 5.41) is 8.45. The summed E-state index contributed by atoms with van der Waals surface area (Å²) in [5.74, 6) is -0.810. The summed E-state index contributed by atoms with van der Waals surface area (Å²) in [6.45, 7) is 7.14. The second-order valence-corrected chi connectivity index (χ2v) is 5.37. The SMILES string of the molecule is CN(CCC(C)(C)C)C(=O)CCCC(=O)O. The summed E-state index contributed by atoms with van der Waals surface area (Å²) in [6.07, 6.45) is 1.77. The number of hydrogen-bond donors (Lipinski definition) is 1. The molecule has 0 fully saturated rings.